The lowest BCUT2D eigenvalue weighted by molar-refractivity contribution is -0.349. The van der Waals surface area contributed by atoms with Crippen LogP contribution < -0.4 is 0 Å². The van der Waals surface area contributed by atoms with E-state index in [0.717, 1.165) is 19.3 Å². The van der Waals surface area contributed by atoms with Gasteiger partial charge in [-0.15, -0.1) is 0 Å². The van der Waals surface area contributed by atoms with E-state index in [2.05, 4.69) is 0 Å². The molecule has 10 heavy (non-hydrogen) atoms. The van der Waals surface area contributed by atoms with Crippen molar-refractivity contribution < 1.29 is 15.3 Å². The molecule has 0 amide bonds. The Kier molecular flexibility index (Phi) is 1.99. The van der Waals surface area contributed by atoms with Crippen molar-refractivity contribution in [3.63, 3.8) is 0 Å². The van der Waals surface area contributed by atoms with Gasteiger partial charge in [-0.25, -0.2) is 0 Å². The molecule has 0 aromatic carbocycles. The van der Waals surface area contributed by atoms with Crippen molar-refractivity contribution in [1.29, 1.82) is 0 Å². The molecule has 1 rings (SSSR count). The summed E-state index contributed by atoms with van der Waals surface area (Å²) in [6, 6.07) is 0. The normalized spacial score (nSPS) is 24.0. The van der Waals surface area contributed by atoms with Gasteiger partial charge in [0.15, 0.2) is 0 Å². The maximum absolute atomic E-state index is 8.73. The Balaban J connectivity index is 2.39. The molecule has 0 spiro atoms. The largest absolute Gasteiger partial charge is 0.343 e. The summed E-state index contributed by atoms with van der Waals surface area (Å²) < 4.78 is 0. The van der Waals surface area contributed by atoms with Crippen LogP contribution in [0.15, 0.2) is 0 Å². The maximum atomic E-state index is 8.73. The summed E-state index contributed by atoms with van der Waals surface area (Å²) in [7, 11) is 0. The minimum absolute atomic E-state index is 0.292. The lowest BCUT2D eigenvalue weighted by Gasteiger charge is -2.35. The van der Waals surface area contributed by atoms with E-state index in [9.17, 15) is 0 Å². The molecular weight excluding hydrogens is 132 g/mol. The summed E-state index contributed by atoms with van der Waals surface area (Å²) in [5.41, 5.74) is 0. The van der Waals surface area contributed by atoms with Crippen LogP contribution in [0.2, 0.25) is 0 Å². The third-order valence-electron chi connectivity index (χ3n) is 2.47. The molecule has 3 nitrogen and oxygen atoms in total. The van der Waals surface area contributed by atoms with Gasteiger partial charge in [-0.2, -0.15) is 0 Å². The molecule has 0 bridgehead atoms. The highest BCUT2D eigenvalue weighted by Crippen LogP contribution is 2.36. The highest BCUT2D eigenvalue weighted by Gasteiger charge is 2.37. The maximum Gasteiger partial charge on any atom is 0.278 e. The lowest BCUT2D eigenvalue weighted by atomic mass is 9.75. The Morgan fingerprint density at radius 1 is 1.30 bits per heavy atom. The number of hydrogen-bond acceptors (Lipinski definition) is 3. The van der Waals surface area contributed by atoms with Crippen molar-refractivity contribution in [2.24, 2.45) is 11.8 Å². The first-order valence-corrected chi connectivity index (χ1v) is 3.69. The van der Waals surface area contributed by atoms with Crippen LogP contribution in [0.1, 0.15) is 26.2 Å². The minimum atomic E-state index is -2.47. The van der Waals surface area contributed by atoms with Crippen molar-refractivity contribution in [1.82, 2.24) is 0 Å². The smallest absolute Gasteiger partial charge is 0.278 e. The Morgan fingerprint density at radius 2 is 1.80 bits per heavy atom. The van der Waals surface area contributed by atoms with Gasteiger partial charge in [-0.3, -0.25) is 0 Å². The van der Waals surface area contributed by atoms with E-state index in [1.165, 1.54) is 0 Å². The van der Waals surface area contributed by atoms with Gasteiger partial charge in [0.25, 0.3) is 5.97 Å². The molecule has 1 aliphatic rings. The van der Waals surface area contributed by atoms with Crippen LogP contribution in [0.25, 0.3) is 0 Å². The van der Waals surface area contributed by atoms with Gasteiger partial charge in [-0.05, 0) is 18.8 Å². The van der Waals surface area contributed by atoms with Crippen LogP contribution in [0.5, 0.6) is 0 Å². The van der Waals surface area contributed by atoms with Gasteiger partial charge in [-0.1, -0.05) is 13.3 Å². The summed E-state index contributed by atoms with van der Waals surface area (Å²) in [6.45, 7) is 1.66. The van der Waals surface area contributed by atoms with E-state index in [0.29, 0.717) is 5.92 Å². The Labute approximate surface area is 60.3 Å². The van der Waals surface area contributed by atoms with E-state index in [4.69, 9.17) is 15.3 Å². The molecule has 0 aromatic heterocycles. The first-order chi connectivity index (χ1) is 4.52. The highest BCUT2D eigenvalue weighted by molar-refractivity contribution is 4.78. The van der Waals surface area contributed by atoms with Gasteiger partial charge in [0.05, 0.1) is 0 Å². The zero-order valence-electron chi connectivity index (χ0n) is 6.12. The van der Waals surface area contributed by atoms with Gasteiger partial charge < -0.3 is 15.3 Å². The molecule has 3 heteroatoms. The van der Waals surface area contributed by atoms with Gasteiger partial charge in [0.2, 0.25) is 0 Å². The fourth-order valence-corrected chi connectivity index (χ4v) is 1.26. The number of aliphatic hydroxyl groups is 3. The van der Waals surface area contributed by atoms with Crippen molar-refractivity contribution in [3.05, 3.63) is 0 Å². The standard InChI is InChI=1S/C7H14O3/c1-5(7(8,9)10)6-3-2-4-6/h5-6,8-10H,2-4H2,1H3. The van der Waals surface area contributed by atoms with E-state index < -0.39 is 11.9 Å². The van der Waals surface area contributed by atoms with Crippen molar-refractivity contribution in [3.8, 4) is 0 Å². The minimum Gasteiger partial charge on any atom is -0.343 e. The quantitative estimate of drug-likeness (QED) is 0.482. The average Bonchev–Trinajstić information content (AvgIpc) is 1.57. The lowest BCUT2D eigenvalue weighted by Crippen LogP contribution is -2.41. The topological polar surface area (TPSA) is 60.7 Å². The summed E-state index contributed by atoms with van der Waals surface area (Å²) in [6.07, 6.45) is 3.15. The molecule has 1 fully saturated rings. The van der Waals surface area contributed by atoms with Crippen LogP contribution in [0.3, 0.4) is 0 Å². The molecule has 0 aromatic rings. The second kappa shape index (κ2) is 2.49. The average molecular weight is 146 g/mol. The molecule has 0 radical (unpaired) electrons. The molecule has 0 heterocycles. The van der Waals surface area contributed by atoms with Gasteiger partial charge >= 0.3 is 0 Å². The fraction of sp³-hybridized carbons (Fsp3) is 1.00. The first-order valence-electron chi connectivity index (χ1n) is 3.69. The molecule has 1 saturated carbocycles. The summed E-state index contributed by atoms with van der Waals surface area (Å²) >= 11 is 0. The van der Waals surface area contributed by atoms with Crippen LogP contribution in [0.4, 0.5) is 0 Å². The Morgan fingerprint density at radius 3 is 1.90 bits per heavy atom. The van der Waals surface area contributed by atoms with Gasteiger partial charge in [0, 0.05) is 5.92 Å². The molecule has 1 aliphatic carbocycles. The predicted molar refractivity (Wildman–Crippen MR) is 35.9 cm³/mol. The predicted octanol–water partition coefficient (Wildman–Crippen LogP) is 0.0533. The number of hydrogen-bond donors (Lipinski definition) is 3. The van der Waals surface area contributed by atoms with E-state index in [-0.39, 0.29) is 0 Å². The third-order valence-corrected chi connectivity index (χ3v) is 2.47. The second-order valence-electron chi connectivity index (χ2n) is 3.17. The SMILES string of the molecule is CC(C1CCC1)C(O)(O)O. The monoisotopic (exact) mass is 146 g/mol. The highest BCUT2D eigenvalue weighted by atomic mass is 16.7. The van der Waals surface area contributed by atoms with Crippen LogP contribution in [-0.2, 0) is 0 Å². The third kappa shape index (κ3) is 1.48. The van der Waals surface area contributed by atoms with Crippen LogP contribution >= 0.6 is 0 Å². The van der Waals surface area contributed by atoms with Crippen molar-refractivity contribution in [2.45, 2.75) is 32.2 Å². The molecule has 3 N–H and O–H groups in total. The summed E-state index contributed by atoms with van der Waals surface area (Å²) in [4.78, 5) is 0. The molecule has 60 valence electrons. The van der Waals surface area contributed by atoms with E-state index in [1.54, 1.807) is 6.92 Å². The molecular formula is C7H14O3. The molecule has 1 unspecified atom stereocenters. The van der Waals surface area contributed by atoms with Crippen LogP contribution in [0, 0.1) is 11.8 Å². The first kappa shape index (κ1) is 7.98. The molecule has 0 aliphatic heterocycles. The Hall–Kier alpha value is -0.120. The van der Waals surface area contributed by atoms with E-state index in [1.807, 2.05) is 0 Å². The van der Waals surface area contributed by atoms with Crippen molar-refractivity contribution in [2.75, 3.05) is 0 Å². The van der Waals surface area contributed by atoms with Crippen LogP contribution in [-0.4, -0.2) is 21.3 Å². The number of rotatable bonds is 2. The molecule has 1 atom stereocenters. The second-order valence-corrected chi connectivity index (χ2v) is 3.17. The zero-order valence-corrected chi connectivity index (χ0v) is 6.12. The van der Waals surface area contributed by atoms with Gasteiger partial charge in [0.1, 0.15) is 0 Å². The zero-order chi connectivity index (χ0) is 7.78. The van der Waals surface area contributed by atoms with E-state index >= 15 is 0 Å². The van der Waals surface area contributed by atoms with Crippen molar-refractivity contribution >= 4 is 0 Å². The molecule has 0 saturated heterocycles. The summed E-state index contributed by atoms with van der Waals surface area (Å²) in [5.74, 6) is -2.59. The Bertz CT molecular complexity index is 113. The fourth-order valence-electron chi connectivity index (χ4n) is 1.26. The summed E-state index contributed by atoms with van der Waals surface area (Å²) in [5, 5.41) is 26.2.